The fourth-order valence-electron chi connectivity index (χ4n) is 3.14. The van der Waals surface area contributed by atoms with Gasteiger partial charge in [0.1, 0.15) is 5.69 Å². The quantitative estimate of drug-likeness (QED) is 0.331. The number of rotatable bonds is 9. The second-order valence-corrected chi connectivity index (χ2v) is 7.25. The maximum absolute atomic E-state index is 10.7. The van der Waals surface area contributed by atoms with Gasteiger partial charge in [-0.05, 0) is 78.6 Å². The second kappa shape index (κ2) is 13.2. The molecule has 0 aliphatic heterocycles. The van der Waals surface area contributed by atoms with Gasteiger partial charge in [-0.15, -0.1) is 4.91 Å². The SMILES string of the molecule is C=C(CCc1ccc(-c2ccc(N=O)cc2C)cc1)N/C(=C/C)C(C)CC.C=CO. The second-order valence-electron chi connectivity index (χ2n) is 7.25. The van der Waals surface area contributed by atoms with E-state index in [0.29, 0.717) is 11.6 Å². The summed E-state index contributed by atoms with van der Waals surface area (Å²) in [6.45, 7) is 15.6. The van der Waals surface area contributed by atoms with Gasteiger partial charge in [0.2, 0.25) is 0 Å². The summed E-state index contributed by atoms with van der Waals surface area (Å²) in [4.78, 5) is 10.7. The number of aliphatic hydroxyl groups is 1. The summed E-state index contributed by atoms with van der Waals surface area (Å²) in [6, 6.07) is 14.1. The van der Waals surface area contributed by atoms with E-state index in [-0.39, 0.29) is 0 Å². The number of hydrogen-bond acceptors (Lipinski definition) is 4. The number of hydrogen-bond donors (Lipinski definition) is 2. The van der Waals surface area contributed by atoms with E-state index >= 15 is 0 Å². The van der Waals surface area contributed by atoms with Gasteiger partial charge in [0.15, 0.2) is 0 Å². The summed E-state index contributed by atoms with van der Waals surface area (Å²) in [7, 11) is 0. The van der Waals surface area contributed by atoms with Crippen molar-refractivity contribution in [3.63, 3.8) is 0 Å². The lowest BCUT2D eigenvalue weighted by Gasteiger charge is -2.18. The Balaban J connectivity index is 0.00000141. The van der Waals surface area contributed by atoms with Gasteiger partial charge in [-0.1, -0.05) is 63.4 Å². The van der Waals surface area contributed by atoms with Crippen molar-refractivity contribution in [1.82, 2.24) is 5.32 Å². The van der Waals surface area contributed by atoms with Crippen LogP contribution in [-0.4, -0.2) is 5.11 Å². The third kappa shape index (κ3) is 7.70. The van der Waals surface area contributed by atoms with Gasteiger partial charge in [-0.3, -0.25) is 0 Å². The van der Waals surface area contributed by atoms with E-state index in [1.165, 1.54) is 11.3 Å². The molecule has 0 fully saturated rings. The van der Waals surface area contributed by atoms with Crippen LogP contribution in [0.25, 0.3) is 11.1 Å². The van der Waals surface area contributed by atoms with E-state index in [4.69, 9.17) is 5.11 Å². The minimum absolute atomic E-state index is 0.469. The molecule has 0 saturated heterocycles. The molecule has 0 aromatic heterocycles. The first kappa shape index (κ1) is 24.9. The predicted octanol–water partition coefficient (Wildman–Crippen LogP) is 7.73. The molecular weight excluding hydrogens is 372 g/mol. The summed E-state index contributed by atoms with van der Waals surface area (Å²) in [5.74, 6) is 0.523. The molecule has 4 nitrogen and oxygen atoms in total. The molecule has 0 spiro atoms. The highest BCUT2D eigenvalue weighted by Crippen LogP contribution is 2.27. The Morgan fingerprint density at radius 1 is 1.23 bits per heavy atom. The Bertz CT molecular complexity index is 867. The van der Waals surface area contributed by atoms with Crippen molar-refractivity contribution in [1.29, 1.82) is 0 Å². The first-order valence-corrected chi connectivity index (χ1v) is 10.3. The molecule has 2 aromatic carbocycles. The van der Waals surface area contributed by atoms with Gasteiger partial charge in [-0.25, -0.2) is 0 Å². The van der Waals surface area contributed by atoms with Crippen molar-refractivity contribution in [2.24, 2.45) is 11.1 Å². The third-order valence-corrected chi connectivity index (χ3v) is 5.07. The summed E-state index contributed by atoms with van der Waals surface area (Å²) in [5, 5.41) is 13.8. The van der Waals surface area contributed by atoms with Crippen LogP contribution in [0.1, 0.15) is 44.7 Å². The topological polar surface area (TPSA) is 61.7 Å². The molecule has 1 unspecified atom stereocenters. The van der Waals surface area contributed by atoms with Crippen LogP contribution < -0.4 is 5.32 Å². The first-order valence-electron chi connectivity index (χ1n) is 10.3. The number of aliphatic hydroxyl groups excluding tert-OH is 1. The molecule has 0 aliphatic carbocycles. The molecular formula is C26H34N2O2. The van der Waals surface area contributed by atoms with Crippen LogP contribution in [0.4, 0.5) is 5.69 Å². The van der Waals surface area contributed by atoms with Crippen molar-refractivity contribution in [3.8, 4) is 11.1 Å². The van der Waals surface area contributed by atoms with Crippen LogP contribution in [0, 0.1) is 17.7 Å². The number of benzene rings is 2. The van der Waals surface area contributed by atoms with Gasteiger partial charge in [-0.2, -0.15) is 0 Å². The van der Waals surface area contributed by atoms with Crippen LogP contribution in [0.2, 0.25) is 0 Å². The van der Waals surface area contributed by atoms with Crippen LogP contribution in [0.5, 0.6) is 0 Å². The van der Waals surface area contributed by atoms with E-state index in [2.05, 4.69) is 74.8 Å². The molecule has 4 heteroatoms. The molecule has 2 rings (SSSR count). The van der Waals surface area contributed by atoms with Gasteiger partial charge < -0.3 is 10.4 Å². The van der Waals surface area contributed by atoms with E-state index in [9.17, 15) is 4.91 Å². The fourth-order valence-corrected chi connectivity index (χ4v) is 3.14. The van der Waals surface area contributed by atoms with Crippen LogP contribution >= 0.6 is 0 Å². The lowest BCUT2D eigenvalue weighted by Crippen LogP contribution is -2.17. The zero-order chi connectivity index (χ0) is 22.5. The van der Waals surface area contributed by atoms with Crippen molar-refractivity contribution in [3.05, 3.63) is 95.4 Å². The standard InChI is InChI=1S/C24H30N2O.C2H4O/c1-6-17(3)24(7-2)25-19(5)8-9-20-10-12-21(13-11-20)23-15-14-22(26-27)16-18(23)4;1-2-3/h7,10-17,25H,5-6,8-9H2,1-4H3;2-3H,1H2/b24-7+;. The average Bonchev–Trinajstić information content (AvgIpc) is 2.76. The molecule has 0 amide bonds. The van der Waals surface area contributed by atoms with E-state index in [1.54, 1.807) is 6.07 Å². The monoisotopic (exact) mass is 406 g/mol. The molecule has 0 aliphatic rings. The number of allylic oxidation sites excluding steroid dienone is 3. The van der Waals surface area contributed by atoms with Crippen LogP contribution in [0.3, 0.4) is 0 Å². The average molecular weight is 407 g/mol. The normalized spacial score (nSPS) is 11.7. The smallest absolute Gasteiger partial charge is 0.108 e. The Morgan fingerprint density at radius 3 is 2.37 bits per heavy atom. The summed E-state index contributed by atoms with van der Waals surface area (Å²) in [6.07, 6.45) is 5.87. The highest BCUT2D eigenvalue weighted by atomic mass is 16.3. The maximum Gasteiger partial charge on any atom is 0.108 e. The first-order chi connectivity index (χ1) is 14.4. The Kier molecular flexibility index (Phi) is 10.9. The zero-order valence-corrected chi connectivity index (χ0v) is 18.6. The van der Waals surface area contributed by atoms with E-state index < -0.39 is 0 Å². The predicted molar refractivity (Wildman–Crippen MR) is 129 cm³/mol. The number of nitrogens with zero attached hydrogens (tertiary/aromatic N) is 1. The Labute approximate surface area is 181 Å². The van der Waals surface area contributed by atoms with Crippen molar-refractivity contribution in [2.75, 3.05) is 0 Å². The highest BCUT2D eigenvalue weighted by molar-refractivity contribution is 5.69. The van der Waals surface area contributed by atoms with Gasteiger partial charge in [0, 0.05) is 11.4 Å². The van der Waals surface area contributed by atoms with Crippen molar-refractivity contribution < 1.29 is 5.11 Å². The van der Waals surface area contributed by atoms with Crippen molar-refractivity contribution >= 4 is 5.69 Å². The molecule has 0 radical (unpaired) electrons. The zero-order valence-electron chi connectivity index (χ0n) is 18.6. The molecule has 1 atom stereocenters. The minimum atomic E-state index is 0.469. The highest BCUT2D eigenvalue weighted by Gasteiger charge is 2.07. The van der Waals surface area contributed by atoms with Crippen molar-refractivity contribution in [2.45, 2.75) is 47.0 Å². The third-order valence-electron chi connectivity index (χ3n) is 5.07. The molecule has 30 heavy (non-hydrogen) atoms. The summed E-state index contributed by atoms with van der Waals surface area (Å²) < 4.78 is 0. The lowest BCUT2D eigenvalue weighted by atomic mass is 9.98. The number of nitrogens with one attached hydrogen (secondary N) is 1. The number of aryl methyl sites for hydroxylation is 2. The summed E-state index contributed by atoms with van der Waals surface area (Å²) in [5.41, 5.74) is 7.40. The maximum atomic E-state index is 10.7. The van der Waals surface area contributed by atoms with E-state index in [1.807, 2.05) is 19.1 Å². The molecule has 0 heterocycles. The lowest BCUT2D eigenvalue weighted by molar-refractivity contribution is 0.476. The Morgan fingerprint density at radius 2 is 1.87 bits per heavy atom. The summed E-state index contributed by atoms with van der Waals surface area (Å²) >= 11 is 0. The molecule has 2 aromatic rings. The molecule has 0 bridgehead atoms. The van der Waals surface area contributed by atoms with E-state index in [0.717, 1.165) is 47.9 Å². The number of nitroso groups, excluding NO2 is 1. The molecule has 160 valence electrons. The van der Waals surface area contributed by atoms with Crippen LogP contribution in [-0.2, 0) is 6.42 Å². The van der Waals surface area contributed by atoms with Crippen LogP contribution in [0.15, 0.2) is 84.5 Å². The van der Waals surface area contributed by atoms with Gasteiger partial charge >= 0.3 is 0 Å². The Hall–Kier alpha value is -3.14. The molecule has 2 N–H and O–H groups in total. The largest absolute Gasteiger partial charge is 0.516 e. The fraction of sp³-hybridized carbons (Fsp3) is 0.308. The van der Waals surface area contributed by atoms with Gasteiger partial charge in [0.05, 0.1) is 6.26 Å². The molecule has 0 saturated carbocycles. The minimum Gasteiger partial charge on any atom is -0.516 e. The van der Waals surface area contributed by atoms with Gasteiger partial charge in [0.25, 0.3) is 0 Å².